The fourth-order valence-corrected chi connectivity index (χ4v) is 2.71. The molecule has 0 saturated heterocycles. The molecular weight excluding hydrogens is 284 g/mol. The van der Waals surface area contributed by atoms with Crippen molar-refractivity contribution >= 4 is 11.6 Å². The number of aryl methyl sites for hydroxylation is 2. The summed E-state index contributed by atoms with van der Waals surface area (Å²) in [6.07, 6.45) is 6.55. The molecule has 3 nitrogen and oxygen atoms in total. The van der Waals surface area contributed by atoms with Gasteiger partial charge in [0.25, 0.3) is 0 Å². The summed E-state index contributed by atoms with van der Waals surface area (Å²) in [5.74, 6) is 0.117. The smallest absolute Gasteiger partial charge is 0.225 e. The van der Waals surface area contributed by atoms with Gasteiger partial charge in [0.15, 0.2) is 0 Å². The van der Waals surface area contributed by atoms with Gasteiger partial charge < -0.3 is 22.6 Å². The first-order chi connectivity index (χ1) is 9.69. The predicted molar refractivity (Wildman–Crippen MR) is 84.1 cm³/mol. The van der Waals surface area contributed by atoms with Crippen molar-refractivity contribution in [1.29, 1.82) is 0 Å². The zero-order valence-electron chi connectivity index (χ0n) is 13.1. The van der Waals surface area contributed by atoms with Crippen molar-refractivity contribution in [3.63, 3.8) is 0 Å². The number of amides is 1. The highest BCUT2D eigenvalue weighted by Gasteiger charge is 2.12. The van der Waals surface area contributed by atoms with Crippen molar-refractivity contribution in [2.75, 3.05) is 25.5 Å². The number of anilines is 1. The monoisotopic (exact) mass is 309 g/mol. The molecule has 4 heteroatoms. The van der Waals surface area contributed by atoms with Gasteiger partial charge in [-0.25, -0.2) is 0 Å². The second-order valence-electron chi connectivity index (χ2n) is 5.79. The molecule has 0 spiro atoms. The molecule has 1 amide bonds. The van der Waals surface area contributed by atoms with E-state index in [1.165, 1.54) is 36.8 Å². The van der Waals surface area contributed by atoms with Crippen LogP contribution in [0.4, 0.5) is 5.69 Å². The SMILES string of the molecule is CCCCN(C)CCC(=O)Nc1ccc2c(c1)CCC2.[Cl-]. The van der Waals surface area contributed by atoms with Crippen LogP contribution in [0.1, 0.15) is 43.7 Å². The third-order valence-corrected chi connectivity index (χ3v) is 4.00. The third kappa shape index (κ3) is 5.68. The summed E-state index contributed by atoms with van der Waals surface area (Å²) >= 11 is 0. The summed E-state index contributed by atoms with van der Waals surface area (Å²) in [5, 5.41) is 3.02. The summed E-state index contributed by atoms with van der Waals surface area (Å²) in [7, 11) is 2.08. The molecule has 1 aliphatic rings. The molecule has 2 rings (SSSR count). The van der Waals surface area contributed by atoms with Crippen molar-refractivity contribution in [2.24, 2.45) is 0 Å². The topological polar surface area (TPSA) is 32.3 Å². The molecular formula is C17H26ClN2O-. The van der Waals surface area contributed by atoms with Gasteiger partial charge in [0.05, 0.1) is 0 Å². The van der Waals surface area contributed by atoms with Crippen LogP contribution in [0.3, 0.4) is 0 Å². The summed E-state index contributed by atoms with van der Waals surface area (Å²) in [6, 6.07) is 6.33. The van der Waals surface area contributed by atoms with E-state index in [4.69, 9.17) is 0 Å². The van der Waals surface area contributed by atoms with Crippen molar-refractivity contribution < 1.29 is 17.2 Å². The van der Waals surface area contributed by atoms with E-state index in [0.717, 1.165) is 25.2 Å². The fourth-order valence-electron chi connectivity index (χ4n) is 2.71. The van der Waals surface area contributed by atoms with Gasteiger partial charge in [0, 0.05) is 18.7 Å². The average Bonchev–Trinajstić information content (AvgIpc) is 2.90. The molecule has 0 bridgehead atoms. The molecule has 0 fully saturated rings. The fraction of sp³-hybridized carbons (Fsp3) is 0.588. The number of unbranched alkanes of at least 4 members (excludes halogenated alkanes) is 1. The molecule has 21 heavy (non-hydrogen) atoms. The van der Waals surface area contributed by atoms with Crippen molar-refractivity contribution in [1.82, 2.24) is 4.90 Å². The van der Waals surface area contributed by atoms with Gasteiger partial charge >= 0.3 is 0 Å². The molecule has 1 aliphatic carbocycles. The maximum Gasteiger partial charge on any atom is 0.225 e. The van der Waals surface area contributed by atoms with Gasteiger partial charge in [0.2, 0.25) is 5.91 Å². The Morgan fingerprint density at radius 1 is 1.24 bits per heavy atom. The van der Waals surface area contributed by atoms with Gasteiger partial charge in [-0.15, -0.1) is 0 Å². The summed E-state index contributed by atoms with van der Waals surface area (Å²) < 4.78 is 0. The number of hydrogen-bond donors (Lipinski definition) is 1. The standard InChI is InChI=1S/C17H26N2O.ClH/c1-3-4-11-19(2)12-10-17(20)18-16-9-8-14-6-5-7-15(14)13-16;/h8-9,13H,3-7,10-12H2,1-2H3,(H,18,20);1H/p-1. The van der Waals surface area contributed by atoms with Crippen molar-refractivity contribution in [3.8, 4) is 0 Å². The van der Waals surface area contributed by atoms with Crippen LogP contribution < -0.4 is 17.7 Å². The highest BCUT2D eigenvalue weighted by molar-refractivity contribution is 5.90. The van der Waals surface area contributed by atoms with Crippen LogP contribution in [0.5, 0.6) is 0 Å². The Kier molecular flexibility index (Phi) is 7.76. The lowest BCUT2D eigenvalue weighted by Gasteiger charge is -2.15. The van der Waals surface area contributed by atoms with E-state index < -0.39 is 0 Å². The van der Waals surface area contributed by atoms with Crippen LogP contribution >= 0.6 is 0 Å². The number of carbonyl (C=O) groups excluding carboxylic acids is 1. The second-order valence-corrected chi connectivity index (χ2v) is 5.79. The molecule has 0 heterocycles. The number of nitrogens with one attached hydrogen (secondary N) is 1. The summed E-state index contributed by atoms with van der Waals surface area (Å²) in [4.78, 5) is 14.2. The van der Waals surface area contributed by atoms with E-state index in [2.05, 4.69) is 36.3 Å². The number of halogens is 1. The van der Waals surface area contributed by atoms with Crippen LogP contribution in [-0.4, -0.2) is 30.9 Å². The second kappa shape index (κ2) is 9.06. The Morgan fingerprint density at radius 3 is 2.76 bits per heavy atom. The quantitative estimate of drug-likeness (QED) is 0.782. The molecule has 0 unspecified atom stereocenters. The number of rotatable bonds is 7. The molecule has 0 saturated carbocycles. The first kappa shape index (κ1) is 18.0. The summed E-state index contributed by atoms with van der Waals surface area (Å²) in [5.41, 5.74) is 3.80. The predicted octanol–water partition coefficient (Wildman–Crippen LogP) is 0.240. The number of benzene rings is 1. The van der Waals surface area contributed by atoms with Gasteiger partial charge in [0.1, 0.15) is 0 Å². The lowest BCUT2D eigenvalue weighted by atomic mass is 10.1. The minimum atomic E-state index is 0. The maximum absolute atomic E-state index is 12.0. The Labute approximate surface area is 134 Å². The van der Waals surface area contributed by atoms with E-state index in [9.17, 15) is 4.79 Å². The highest BCUT2D eigenvalue weighted by atomic mass is 35.5. The lowest BCUT2D eigenvalue weighted by molar-refractivity contribution is -0.116. The minimum Gasteiger partial charge on any atom is -1.00 e. The van der Waals surface area contributed by atoms with E-state index >= 15 is 0 Å². The number of fused-ring (bicyclic) bond motifs is 1. The zero-order chi connectivity index (χ0) is 14.4. The van der Waals surface area contributed by atoms with E-state index in [-0.39, 0.29) is 18.3 Å². The maximum atomic E-state index is 12.0. The molecule has 0 aliphatic heterocycles. The largest absolute Gasteiger partial charge is 1.00 e. The van der Waals surface area contributed by atoms with Crippen LogP contribution in [0, 0.1) is 0 Å². The summed E-state index contributed by atoms with van der Waals surface area (Å²) in [6.45, 7) is 4.09. The normalized spacial score (nSPS) is 12.9. The Morgan fingerprint density at radius 2 is 2.00 bits per heavy atom. The number of hydrogen-bond acceptors (Lipinski definition) is 2. The first-order valence-corrected chi connectivity index (χ1v) is 7.79. The van der Waals surface area contributed by atoms with Crippen molar-refractivity contribution in [2.45, 2.75) is 45.4 Å². The van der Waals surface area contributed by atoms with E-state index in [1.54, 1.807) is 0 Å². The lowest BCUT2D eigenvalue weighted by Crippen LogP contribution is -3.00. The molecule has 0 atom stereocenters. The minimum absolute atomic E-state index is 0. The van der Waals surface area contributed by atoms with E-state index in [1.807, 2.05) is 6.07 Å². The van der Waals surface area contributed by atoms with Gasteiger partial charge in [-0.05, 0) is 62.5 Å². The van der Waals surface area contributed by atoms with E-state index in [0.29, 0.717) is 6.42 Å². The number of nitrogens with zero attached hydrogens (tertiary/aromatic N) is 1. The number of carbonyl (C=O) groups is 1. The molecule has 1 aromatic rings. The molecule has 1 N–H and O–H groups in total. The molecule has 0 radical (unpaired) electrons. The molecule has 1 aromatic carbocycles. The highest BCUT2D eigenvalue weighted by Crippen LogP contribution is 2.24. The van der Waals surface area contributed by atoms with Crippen molar-refractivity contribution in [3.05, 3.63) is 29.3 Å². The van der Waals surface area contributed by atoms with Gasteiger partial charge in [-0.2, -0.15) is 0 Å². The zero-order valence-corrected chi connectivity index (χ0v) is 13.9. The first-order valence-electron chi connectivity index (χ1n) is 7.79. The average molecular weight is 310 g/mol. The van der Waals surface area contributed by atoms with Gasteiger partial charge in [-0.1, -0.05) is 19.4 Å². The van der Waals surface area contributed by atoms with Gasteiger partial charge in [-0.3, -0.25) is 4.79 Å². The van der Waals surface area contributed by atoms with Crippen LogP contribution in [0.2, 0.25) is 0 Å². The van der Waals surface area contributed by atoms with Crippen LogP contribution in [0.25, 0.3) is 0 Å². The van der Waals surface area contributed by atoms with Crippen LogP contribution in [0.15, 0.2) is 18.2 Å². The Hall–Kier alpha value is -1.06. The molecule has 0 aromatic heterocycles. The van der Waals surface area contributed by atoms with Crippen LogP contribution in [-0.2, 0) is 17.6 Å². The molecule has 118 valence electrons. The third-order valence-electron chi connectivity index (χ3n) is 4.00. The Bertz CT molecular complexity index is 462. The Balaban J connectivity index is 0.00000220.